The van der Waals surface area contributed by atoms with Gasteiger partial charge in [-0.1, -0.05) is 25.1 Å². The van der Waals surface area contributed by atoms with Gasteiger partial charge < -0.3 is 9.05 Å². The van der Waals surface area contributed by atoms with Crippen LogP contribution >= 0.6 is 7.75 Å². The zero-order valence-corrected chi connectivity index (χ0v) is 13.7. The van der Waals surface area contributed by atoms with Crippen molar-refractivity contribution in [1.29, 1.82) is 0 Å². The van der Waals surface area contributed by atoms with E-state index in [1.807, 2.05) is 19.1 Å². The number of nitrogens with zero attached hydrogens (tertiary/aromatic N) is 1. The molecule has 0 amide bonds. The average molecular weight is 336 g/mol. The van der Waals surface area contributed by atoms with Crippen LogP contribution in [0.1, 0.15) is 12.5 Å². The van der Waals surface area contributed by atoms with E-state index in [1.165, 1.54) is 24.3 Å². The fraction of sp³-hybridized carbons (Fsp3) is 0.200. The quantitative estimate of drug-likeness (QED) is 0.465. The summed E-state index contributed by atoms with van der Waals surface area (Å²) >= 11 is 0. The van der Waals surface area contributed by atoms with E-state index in [0.29, 0.717) is 12.3 Å². The summed E-state index contributed by atoms with van der Waals surface area (Å²) in [5.74, 6) is 0.659. The highest BCUT2D eigenvalue weighted by Gasteiger charge is 2.28. The molecule has 122 valence electrons. The first-order valence-electron chi connectivity index (χ1n) is 6.98. The SMILES string of the molecule is CCN[P@@](=O)(Oc1ccc([N+](=O)[O-])cc1)Oc1ccccc1C. The molecule has 8 heteroatoms. The lowest BCUT2D eigenvalue weighted by atomic mass is 10.2. The number of hydrogen-bond donors (Lipinski definition) is 1. The standard InChI is InChI=1S/C15H17N2O5P/c1-3-16-23(20,22-15-7-5-4-6-12(15)2)21-14-10-8-13(9-11-14)17(18)19/h4-11H,3H2,1-2H3,(H,16,20)/t23-/m1/s1. The first kappa shape index (κ1) is 17.0. The predicted octanol–water partition coefficient (Wildman–Crippen LogP) is 4.08. The lowest BCUT2D eigenvalue weighted by Gasteiger charge is -2.20. The molecule has 0 saturated heterocycles. The topological polar surface area (TPSA) is 90.7 Å². The van der Waals surface area contributed by atoms with Crippen LogP contribution in [0.25, 0.3) is 0 Å². The Hall–Kier alpha value is -2.37. The van der Waals surface area contributed by atoms with Crippen molar-refractivity contribution < 1.29 is 18.5 Å². The van der Waals surface area contributed by atoms with Crippen molar-refractivity contribution in [2.45, 2.75) is 13.8 Å². The number of hydrogen-bond acceptors (Lipinski definition) is 5. The molecule has 1 atom stereocenters. The van der Waals surface area contributed by atoms with Crippen molar-refractivity contribution in [2.75, 3.05) is 6.54 Å². The normalized spacial score (nSPS) is 13.1. The summed E-state index contributed by atoms with van der Waals surface area (Å²) in [5.41, 5.74) is 0.744. The molecule has 0 bridgehead atoms. The van der Waals surface area contributed by atoms with Gasteiger partial charge in [-0.3, -0.25) is 10.1 Å². The Kier molecular flexibility index (Phi) is 5.36. The van der Waals surface area contributed by atoms with Crippen molar-refractivity contribution in [3.8, 4) is 11.5 Å². The van der Waals surface area contributed by atoms with Crippen LogP contribution in [-0.2, 0) is 4.57 Å². The van der Waals surface area contributed by atoms with Gasteiger partial charge in [0.1, 0.15) is 11.5 Å². The molecule has 0 fully saturated rings. The lowest BCUT2D eigenvalue weighted by molar-refractivity contribution is -0.384. The van der Waals surface area contributed by atoms with E-state index in [-0.39, 0.29) is 11.4 Å². The Morgan fingerprint density at radius 1 is 1.13 bits per heavy atom. The molecule has 1 N–H and O–H groups in total. The molecule has 0 aliphatic carbocycles. The van der Waals surface area contributed by atoms with Crippen molar-refractivity contribution in [3.63, 3.8) is 0 Å². The number of nitro groups is 1. The summed E-state index contributed by atoms with van der Waals surface area (Å²) in [7, 11) is -3.65. The maximum atomic E-state index is 12.8. The smallest absolute Gasteiger partial charge is 0.405 e. The van der Waals surface area contributed by atoms with Gasteiger partial charge in [0.05, 0.1) is 4.92 Å². The summed E-state index contributed by atoms with van der Waals surface area (Å²) in [4.78, 5) is 10.1. The Bertz CT molecular complexity index is 733. The Morgan fingerprint density at radius 2 is 1.78 bits per heavy atom. The van der Waals surface area contributed by atoms with E-state index >= 15 is 0 Å². The molecule has 2 rings (SSSR count). The van der Waals surface area contributed by atoms with Gasteiger partial charge in [-0.25, -0.2) is 9.65 Å². The number of non-ortho nitro benzene ring substituents is 1. The molecule has 23 heavy (non-hydrogen) atoms. The van der Waals surface area contributed by atoms with Gasteiger partial charge in [-0.2, -0.15) is 0 Å². The Morgan fingerprint density at radius 3 is 2.35 bits per heavy atom. The maximum absolute atomic E-state index is 12.8. The second-order valence-corrected chi connectivity index (χ2v) is 6.38. The summed E-state index contributed by atoms with van der Waals surface area (Å²) < 4.78 is 23.8. The number of nitro benzene ring substituents is 1. The van der Waals surface area contributed by atoms with E-state index < -0.39 is 12.7 Å². The molecule has 0 unspecified atom stereocenters. The van der Waals surface area contributed by atoms with Crippen molar-refractivity contribution in [2.24, 2.45) is 0 Å². The minimum atomic E-state index is -3.65. The molecule has 0 aliphatic rings. The second kappa shape index (κ2) is 7.26. The third kappa shape index (κ3) is 4.55. The van der Waals surface area contributed by atoms with Crippen LogP contribution in [-0.4, -0.2) is 11.5 Å². The fourth-order valence-electron chi connectivity index (χ4n) is 1.83. The van der Waals surface area contributed by atoms with Gasteiger partial charge in [0, 0.05) is 18.7 Å². The molecule has 7 nitrogen and oxygen atoms in total. The summed E-state index contributed by atoms with van der Waals surface area (Å²) in [5, 5.41) is 13.3. The molecule has 0 heterocycles. The van der Waals surface area contributed by atoms with E-state index in [0.717, 1.165) is 5.56 Å². The van der Waals surface area contributed by atoms with Crippen molar-refractivity contribution in [3.05, 3.63) is 64.2 Å². The van der Waals surface area contributed by atoms with E-state index in [9.17, 15) is 14.7 Å². The Balaban J connectivity index is 2.21. The van der Waals surface area contributed by atoms with Crippen molar-refractivity contribution >= 4 is 13.4 Å². The highest BCUT2D eigenvalue weighted by atomic mass is 31.2. The van der Waals surface area contributed by atoms with E-state index in [4.69, 9.17) is 9.05 Å². The molecule has 0 aromatic heterocycles. The average Bonchev–Trinajstić information content (AvgIpc) is 2.50. The predicted molar refractivity (Wildman–Crippen MR) is 86.8 cm³/mol. The minimum absolute atomic E-state index is 0.0737. The number of rotatable bonds is 7. The monoisotopic (exact) mass is 336 g/mol. The highest BCUT2D eigenvalue weighted by molar-refractivity contribution is 7.52. The highest BCUT2D eigenvalue weighted by Crippen LogP contribution is 2.45. The van der Waals surface area contributed by atoms with Crippen LogP contribution in [0.15, 0.2) is 48.5 Å². The molecule has 0 saturated carbocycles. The van der Waals surface area contributed by atoms with E-state index in [1.54, 1.807) is 19.1 Å². The Labute approximate surface area is 134 Å². The van der Waals surface area contributed by atoms with Crippen LogP contribution in [0.4, 0.5) is 5.69 Å². The molecule has 0 radical (unpaired) electrons. The number of para-hydroxylation sites is 1. The number of benzene rings is 2. The van der Waals surface area contributed by atoms with E-state index in [2.05, 4.69) is 5.09 Å². The summed E-state index contributed by atoms with van der Waals surface area (Å²) in [6, 6.07) is 12.4. The van der Waals surface area contributed by atoms with Crippen molar-refractivity contribution in [1.82, 2.24) is 5.09 Å². The summed E-state index contributed by atoms with van der Waals surface area (Å²) in [6.07, 6.45) is 0. The molecular formula is C15H17N2O5P. The summed E-state index contributed by atoms with van der Waals surface area (Å²) in [6.45, 7) is 3.97. The first-order chi connectivity index (χ1) is 10.9. The van der Waals surface area contributed by atoms with Crippen LogP contribution in [0.3, 0.4) is 0 Å². The van der Waals surface area contributed by atoms with Crippen LogP contribution in [0, 0.1) is 17.0 Å². The zero-order chi connectivity index (χ0) is 16.9. The number of aryl methyl sites for hydroxylation is 1. The first-order valence-corrected chi connectivity index (χ1v) is 8.52. The van der Waals surface area contributed by atoms with Gasteiger partial charge in [0.15, 0.2) is 0 Å². The molecular weight excluding hydrogens is 319 g/mol. The van der Waals surface area contributed by atoms with Gasteiger partial charge >= 0.3 is 7.75 Å². The molecule has 2 aromatic carbocycles. The lowest BCUT2D eigenvalue weighted by Crippen LogP contribution is -2.18. The van der Waals surface area contributed by atoms with Gasteiger partial charge in [0.2, 0.25) is 0 Å². The van der Waals surface area contributed by atoms with Crippen LogP contribution in [0.5, 0.6) is 11.5 Å². The third-order valence-corrected chi connectivity index (χ3v) is 4.53. The van der Waals surface area contributed by atoms with Crippen LogP contribution < -0.4 is 14.1 Å². The zero-order valence-electron chi connectivity index (χ0n) is 12.8. The van der Waals surface area contributed by atoms with Gasteiger partial charge in [-0.05, 0) is 30.7 Å². The number of nitrogens with one attached hydrogen (secondary N) is 1. The molecule has 0 aliphatic heterocycles. The third-order valence-electron chi connectivity index (χ3n) is 2.94. The van der Waals surface area contributed by atoms with Gasteiger partial charge in [0.25, 0.3) is 5.69 Å². The molecule has 2 aromatic rings. The fourth-order valence-corrected chi connectivity index (χ4v) is 3.25. The largest absolute Gasteiger partial charge is 0.512 e. The maximum Gasteiger partial charge on any atom is 0.512 e. The minimum Gasteiger partial charge on any atom is -0.405 e. The van der Waals surface area contributed by atoms with Gasteiger partial charge in [-0.15, -0.1) is 0 Å². The molecule has 0 spiro atoms. The van der Waals surface area contributed by atoms with Crippen LogP contribution in [0.2, 0.25) is 0 Å². The second-order valence-electron chi connectivity index (χ2n) is 4.71.